The molecule has 0 atom stereocenters. The first-order valence-electron chi connectivity index (χ1n) is 6.18. The van der Waals surface area contributed by atoms with Gasteiger partial charge in [0.1, 0.15) is 9.71 Å². The van der Waals surface area contributed by atoms with E-state index in [-0.39, 0.29) is 5.91 Å². The fourth-order valence-corrected chi connectivity index (χ4v) is 3.55. The zero-order valence-corrected chi connectivity index (χ0v) is 11.8. The Balaban J connectivity index is 2.02. The first kappa shape index (κ1) is 12.4. The Bertz CT molecular complexity index is 640. The van der Waals surface area contributed by atoms with Crippen molar-refractivity contribution < 1.29 is 9.53 Å². The van der Waals surface area contributed by atoms with Crippen molar-refractivity contribution in [1.29, 1.82) is 0 Å². The number of aryl methyl sites for hydroxylation is 2. The third-order valence-corrected chi connectivity index (χ3v) is 4.64. The lowest BCUT2D eigenvalue weighted by atomic mass is 10.2. The highest BCUT2D eigenvalue weighted by Gasteiger charge is 2.25. The molecule has 0 radical (unpaired) electrons. The van der Waals surface area contributed by atoms with Crippen LogP contribution in [0.25, 0.3) is 10.2 Å². The number of hydrogen-bond acceptors (Lipinski definition) is 5. The van der Waals surface area contributed by atoms with Crippen molar-refractivity contribution in [3.8, 4) is 0 Å². The van der Waals surface area contributed by atoms with Crippen molar-refractivity contribution >= 4 is 33.1 Å². The molecule has 1 amide bonds. The van der Waals surface area contributed by atoms with E-state index in [1.807, 2.05) is 14.0 Å². The van der Waals surface area contributed by atoms with Gasteiger partial charge in [-0.25, -0.2) is 0 Å². The molecule has 0 bridgehead atoms. The lowest BCUT2D eigenvalue weighted by Crippen LogP contribution is -2.40. The van der Waals surface area contributed by atoms with Crippen LogP contribution in [0.1, 0.15) is 15.4 Å². The van der Waals surface area contributed by atoms with Gasteiger partial charge >= 0.3 is 0 Å². The van der Waals surface area contributed by atoms with Crippen LogP contribution in [0.15, 0.2) is 0 Å². The lowest BCUT2D eigenvalue weighted by molar-refractivity contribution is 0.0307. The highest BCUT2D eigenvalue weighted by Crippen LogP contribution is 2.36. The number of amides is 1. The third-order valence-electron chi connectivity index (χ3n) is 3.37. The highest BCUT2D eigenvalue weighted by atomic mass is 32.1. The molecular formula is C12H16N4O2S. The van der Waals surface area contributed by atoms with Crippen LogP contribution in [0.2, 0.25) is 0 Å². The van der Waals surface area contributed by atoms with Gasteiger partial charge in [-0.2, -0.15) is 5.10 Å². The number of nitrogen functional groups attached to an aromatic ring is 1. The summed E-state index contributed by atoms with van der Waals surface area (Å²) in [6.07, 6.45) is 0. The summed E-state index contributed by atoms with van der Waals surface area (Å²) in [5.74, 6) is 0.00130. The molecule has 7 heteroatoms. The molecule has 19 heavy (non-hydrogen) atoms. The zero-order chi connectivity index (χ0) is 13.6. The highest BCUT2D eigenvalue weighted by molar-refractivity contribution is 7.21. The number of fused-ring (bicyclic) bond motifs is 1. The average molecular weight is 280 g/mol. The summed E-state index contributed by atoms with van der Waals surface area (Å²) in [6.45, 7) is 4.36. The Labute approximate surface area is 114 Å². The second-order valence-electron chi connectivity index (χ2n) is 4.64. The van der Waals surface area contributed by atoms with E-state index in [2.05, 4.69) is 5.10 Å². The normalized spacial score (nSPS) is 16.2. The molecular weight excluding hydrogens is 264 g/mol. The largest absolute Gasteiger partial charge is 0.397 e. The summed E-state index contributed by atoms with van der Waals surface area (Å²) < 4.78 is 7.04. The number of thiophene rings is 1. The van der Waals surface area contributed by atoms with Gasteiger partial charge < -0.3 is 15.4 Å². The summed E-state index contributed by atoms with van der Waals surface area (Å²) in [4.78, 5) is 15.8. The standard InChI is InChI=1S/C12H16N4O2S/c1-7-8-9(13)10(19-12(8)15(2)14-7)11(17)16-3-5-18-6-4-16/h3-6,13H2,1-2H3. The van der Waals surface area contributed by atoms with Crippen molar-refractivity contribution in [2.45, 2.75) is 6.92 Å². The molecule has 2 aromatic rings. The monoisotopic (exact) mass is 280 g/mol. The second kappa shape index (κ2) is 4.50. The number of ether oxygens (including phenoxy) is 1. The van der Waals surface area contributed by atoms with Crippen LogP contribution >= 0.6 is 11.3 Å². The number of morpholine rings is 1. The molecule has 0 unspecified atom stereocenters. The molecule has 102 valence electrons. The van der Waals surface area contributed by atoms with Gasteiger partial charge in [-0.3, -0.25) is 9.48 Å². The summed E-state index contributed by atoms with van der Waals surface area (Å²) in [5.41, 5.74) is 7.56. The van der Waals surface area contributed by atoms with Crippen LogP contribution in [-0.4, -0.2) is 46.9 Å². The molecule has 1 aliphatic heterocycles. The third kappa shape index (κ3) is 1.89. The van der Waals surface area contributed by atoms with Gasteiger partial charge in [-0.1, -0.05) is 0 Å². The quantitative estimate of drug-likeness (QED) is 0.845. The van der Waals surface area contributed by atoms with Gasteiger partial charge in [0.2, 0.25) is 0 Å². The van der Waals surface area contributed by atoms with E-state index in [4.69, 9.17) is 10.5 Å². The SMILES string of the molecule is Cc1nn(C)c2sc(C(=O)N3CCOCC3)c(N)c12. The van der Waals surface area contributed by atoms with Crippen molar-refractivity contribution in [2.24, 2.45) is 7.05 Å². The molecule has 3 heterocycles. The first-order valence-corrected chi connectivity index (χ1v) is 7.00. The number of rotatable bonds is 1. The second-order valence-corrected chi connectivity index (χ2v) is 5.64. The molecule has 0 aliphatic carbocycles. The van der Waals surface area contributed by atoms with Gasteiger partial charge in [0.15, 0.2) is 0 Å². The predicted molar refractivity (Wildman–Crippen MR) is 74.5 cm³/mol. The summed E-state index contributed by atoms with van der Waals surface area (Å²) in [7, 11) is 1.87. The van der Waals surface area contributed by atoms with Crippen molar-refractivity contribution in [3.63, 3.8) is 0 Å². The molecule has 2 aromatic heterocycles. The van der Waals surface area contributed by atoms with Crippen LogP contribution in [0, 0.1) is 6.92 Å². The van der Waals surface area contributed by atoms with Gasteiger partial charge in [-0.15, -0.1) is 11.3 Å². The van der Waals surface area contributed by atoms with Gasteiger partial charge in [0, 0.05) is 20.1 Å². The molecule has 1 saturated heterocycles. The van der Waals surface area contributed by atoms with Crippen molar-refractivity contribution in [1.82, 2.24) is 14.7 Å². The number of nitrogens with two attached hydrogens (primary N) is 1. The van der Waals surface area contributed by atoms with E-state index < -0.39 is 0 Å². The number of carbonyl (C=O) groups excluding carboxylic acids is 1. The molecule has 3 rings (SSSR count). The minimum absolute atomic E-state index is 0.00130. The van der Waals surface area contributed by atoms with Crippen molar-refractivity contribution in [2.75, 3.05) is 32.0 Å². The Kier molecular flexibility index (Phi) is 2.94. The number of hydrogen-bond donors (Lipinski definition) is 1. The zero-order valence-electron chi connectivity index (χ0n) is 11.0. The smallest absolute Gasteiger partial charge is 0.266 e. The number of anilines is 1. The summed E-state index contributed by atoms with van der Waals surface area (Å²) in [5, 5.41) is 5.23. The van der Waals surface area contributed by atoms with Crippen LogP contribution < -0.4 is 5.73 Å². The summed E-state index contributed by atoms with van der Waals surface area (Å²) >= 11 is 1.42. The average Bonchev–Trinajstić information content (AvgIpc) is 2.89. The van der Waals surface area contributed by atoms with Crippen LogP contribution in [-0.2, 0) is 11.8 Å². The maximum absolute atomic E-state index is 12.5. The van der Waals surface area contributed by atoms with E-state index >= 15 is 0 Å². The van der Waals surface area contributed by atoms with E-state index in [1.54, 1.807) is 9.58 Å². The van der Waals surface area contributed by atoms with Gasteiger partial charge in [-0.05, 0) is 6.92 Å². The summed E-state index contributed by atoms with van der Waals surface area (Å²) in [6, 6.07) is 0. The molecule has 1 aliphatic rings. The van der Waals surface area contributed by atoms with E-state index in [9.17, 15) is 4.79 Å². The maximum Gasteiger partial charge on any atom is 0.266 e. The molecule has 0 saturated carbocycles. The molecule has 1 fully saturated rings. The van der Waals surface area contributed by atoms with E-state index in [1.165, 1.54) is 11.3 Å². The van der Waals surface area contributed by atoms with Crippen LogP contribution in [0.4, 0.5) is 5.69 Å². The first-order chi connectivity index (χ1) is 9.09. The molecule has 0 aromatic carbocycles. The van der Waals surface area contributed by atoms with Crippen molar-refractivity contribution in [3.05, 3.63) is 10.6 Å². The van der Waals surface area contributed by atoms with Crippen LogP contribution in [0.5, 0.6) is 0 Å². The maximum atomic E-state index is 12.5. The fourth-order valence-electron chi connectivity index (χ4n) is 2.40. The van der Waals surface area contributed by atoms with Gasteiger partial charge in [0.25, 0.3) is 5.91 Å². The Morgan fingerprint density at radius 2 is 2.11 bits per heavy atom. The van der Waals surface area contributed by atoms with Crippen LogP contribution in [0.3, 0.4) is 0 Å². The minimum atomic E-state index is 0.00130. The molecule has 6 nitrogen and oxygen atoms in total. The number of aromatic nitrogens is 2. The fraction of sp³-hybridized carbons (Fsp3) is 0.500. The topological polar surface area (TPSA) is 73.4 Å². The predicted octanol–water partition coefficient (Wildman–Crippen LogP) is 0.998. The number of carbonyl (C=O) groups is 1. The Hall–Kier alpha value is -1.60. The number of nitrogens with zero attached hydrogens (tertiary/aromatic N) is 3. The minimum Gasteiger partial charge on any atom is -0.397 e. The molecule has 0 spiro atoms. The molecule has 2 N–H and O–H groups in total. The van der Waals surface area contributed by atoms with E-state index in [0.717, 1.165) is 15.9 Å². The Morgan fingerprint density at radius 3 is 2.74 bits per heavy atom. The Morgan fingerprint density at radius 1 is 1.42 bits per heavy atom. The lowest BCUT2D eigenvalue weighted by Gasteiger charge is -2.26. The van der Waals surface area contributed by atoms with E-state index in [0.29, 0.717) is 36.9 Å². The van der Waals surface area contributed by atoms with Gasteiger partial charge in [0.05, 0.1) is 30.0 Å².